The number of methoxy groups -OCH3 is 1. The summed E-state index contributed by atoms with van der Waals surface area (Å²) in [4.78, 5) is 52.5. The fourth-order valence-corrected chi connectivity index (χ4v) is 6.31. The van der Waals surface area contributed by atoms with Gasteiger partial charge in [-0.1, -0.05) is 68.2 Å². The van der Waals surface area contributed by atoms with Gasteiger partial charge in [0.2, 0.25) is 11.8 Å². The number of hydrogen-bond acceptors (Lipinski definition) is 8. The molecule has 13 nitrogen and oxygen atoms in total. The summed E-state index contributed by atoms with van der Waals surface area (Å²) in [5, 5.41) is 3.03. The number of primary amides is 1. The lowest BCUT2D eigenvalue weighted by atomic mass is 10.0. The number of H-pyrrole nitrogens is 2. The number of imidazole rings is 2. The molecule has 57 heavy (non-hydrogen) atoms. The maximum Gasteiger partial charge on any atom is 0.404 e. The first-order chi connectivity index (χ1) is 27.6. The van der Waals surface area contributed by atoms with Crippen molar-refractivity contribution in [3.63, 3.8) is 0 Å². The van der Waals surface area contributed by atoms with Crippen LogP contribution >= 0.6 is 0 Å². The molecule has 312 valence electrons. The van der Waals surface area contributed by atoms with Crippen molar-refractivity contribution in [3.05, 3.63) is 60.2 Å². The lowest BCUT2D eigenvalue weighted by Gasteiger charge is -2.25. The molecule has 0 radical (unpaired) electrons. The summed E-state index contributed by atoms with van der Waals surface area (Å²) in [6, 6.07) is 11.7. The van der Waals surface area contributed by atoms with E-state index in [0.29, 0.717) is 54.2 Å². The molecule has 0 saturated carbocycles. The van der Waals surface area contributed by atoms with Crippen molar-refractivity contribution in [2.24, 2.45) is 17.6 Å². The Bertz CT molecular complexity index is 1850. The molecule has 2 aromatic carbocycles. The summed E-state index contributed by atoms with van der Waals surface area (Å²) in [5.41, 5.74) is 8.25. The van der Waals surface area contributed by atoms with Crippen molar-refractivity contribution in [2.75, 3.05) is 20.2 Å². The molecule has 3 amide bonds. The Labute approximate surface area is 338 Å². The maximum absolute atomic E-state index is 13.0. The van der Waals surface area contributed by atoms with Crippen LogP contribution in [0, 0.1) is 11.8 Å². The quantitative estimate of drug-likeness (QED) is 0.0803. The van der Waals surface area contributed by atoms with E-state index in [-0.39, 0.29) is 17.9 Å². The van der Waals surface area contributed by atoms with Crippen LogP contribution in [0.2, 0.25) is 0 Å². The van der Waals surface area contributed by atoms with Crippen molar-refractivity contribution >= 4 is 17.9 Å². The van der Waals surface area contributed by atoms with Crippen LogP contribution in [-0.4, -0.2) is 62.9 Å². The number of hydrogen-bond donors (Lipinski definition) is 4. The number of aromatic nitrogens is 4. The summed E-state index contributed by atoms with van der Waals surface area (Å²) < 4.78 is 16.4. The average molecular weight is 788 g/mol. The Balaban J connectivity index is 0.000000885. The summed E-state index contributed by atoms with van der Waals surface area (Å²) >= 11 is 0. The van der Waals surface area contributed by atoms with Gasteiger partial charge in [0.05, 0.1) is 25.0 Å². The summed E-state index contributed by atoms with van der Waals surface area (Å²) in [5.74, 6) is 5.19. The minimum absolute atomic E-state index is 0.0322. The molecule has 2 aliphatic heterocycles. The van der Waals surface area contributed by atoms with Crippen LogP contribution in [0.3, 0.4) is 0 Å². The molecule has 1 fully saturated rings. The number of likely N-dealkylation sites (tertiary alicyclic amines) is 1. The molecule has 4 aromatic rings. The number of ether oxygens (including phenoxy) is 3. The van der Waals surface area contributed by atoms with E-state index in [0.717, 1.165) is 85.7 Å². The van der Waals surface area contributed by atoms with Crippen LogP contribution in [0.5, 0.6) is 23.0 Å². The van der Waals surface area contributed by atoms with Gasteiger partial charge in [-0.25, -0.2) is 14.8 Å². The molecular weight excluding hydrogens is 723 g/mol. The van der Waals surface area contributed by atoms with Crippen molar-refractivity contribution < 1.29 is 28.6 Å². The van der Waals surface area contributed by atoms with Gasteiger partial charge in [0, 0.05) is 48.9 Å². The highest BCUT2D eigenvalue weighted by molar-refractivity contribution is 5.77. The zero-order valence-electron chi connectivity index (χ0n) is 35.5. The largest absolute Gasteiger partial charge is 0.453 e. The summed E-state index contributed by atoms with van der Waals surface area (Å²) in [6.07, 6.45) is 10.9. The zero-order chi connectivity index (χ0) is 41.9. The average Bonchev–Trinajstić information content (AvgIpc) is 4.03. The van der Waals surface area contributed by atoms with Crippen molar-refractivity contribution in [1.82, 2.24) is 30.2 Å². The van der Waals surface area contributed by atoms with E-state index in [1.165, 1.54) is 7.11 Å². The standard InChI is InChI=1S/C38H48N6O4.C2H5NO2.2C2H6/c1-5-24(3)18-35(45)39-16-8-7-10-28-22-40-37(42-28)26-12-14-31-33(20-26)47-32-15-13-27(21-34(32)48-31)38-41-23-29(43-38)30-11-9-17-44(30)36(46)19-25(4)6-2;1-5-2(3)4;2*1-2/h12-15,20-25,30H,5-11,16-19H2,1-4H3,(H,39,45)(H,40,42)(H,41,43);1H3,(H2,3,4);2*1-2H3/t24?,25?,30-;;;/m0.../s1. The third kappa shape index (κ3) is 13.4. The number of nitrogens with zero attached hydrogens (tertiary/aromatic N) is 3. The zero-order valence-corrected chi connectivity index (χ0v) is 35.5. The fourth-order valence-electron chi connectivity index (χ4n) is 6.31. The van der Waals surface area contributed by atoms with Gasteiger partial charge in [-0.3, -0.25) is 9.59 Å². The Morgan fingerprint density at radius 3 is 2.00 bits per heavy atom. The van der Waals surface area contributed by atoms with E-state index in [9.17, 15) is 14.4 Å². The molecule has 4 heterocycles. The Morgan fingerprint density at radius 1 is 0.860 bits per heavy atom. The topological polar surface area (TPSA) is 178 Å². The fraction of sp³-hybridized carbons (Fsp3) is 0.523. The predicted molar refractivity (Wildman–Crippen MR) is 225 cm³/mol. The normalized spacial score (nSPS) is 14.6. The maximum atomic E-state index is 13.0. The molecule has 1 saturated heterocycles. The minimum atomic E-state index is -0.745. The van der Waals surface area contributed by atoms with Crippen LogP contribution in [0.15, 0.2) is 48.8 Å². The Hall–Kier alpha value is -5.33. The van der Waals surface area contributed by atoms with Gasteiger partial charge in [-0.2, -0.15) is 0 Å². The van der Waals surface area contributed by atoms with Gasteiger partial charge >= 0.3 is 6.09 Å². The molecule has 0 aliphatic carbocycles. The molecule has 0 spiro atoms. The van der Waals surface area contributed by atoms with E-state index in [1.807, 2.05) is 81.4 Å². The number of aryl methyl sites for hydroxylation is 1. The second-order valence-electron chi connectivity index (χ2n) is 14.0. The lowest BCUT2D eigenvalue weighted by molar-refractivity contribution is -0.133. The van der Waals surface area contributed by atoms with Crippen molar-refractivity contribution in [2.45, 2.75) is 119 Å². The van der Waals surface area contributed by atoms with Gasteiger partial charge in [0.15, 0.2) is 23.0 Å². The van der Waals surface area contributed by atoms with Crippen molar-refractivity contribution in [1.29, 1.82) is 0 Å². The van der Waals surface area contributed by atoms with E-state index in [2.05, 4.69) is 63.4 Å². The number of carbonyl (C=O) groups excluding carboxylic acids is 3. The van der Waals surface area contributed by atoms with Gasteiger partial charge in [0.25, 0.3) is 0 Å². The molecule has 2 aliphatic rings. The molecule has 3 atom stereocenters. The van der Waals surface area contributed by atoms with E-state index in [4.69, 9.17) is 9.47 Å². The van der Waals surface area contributed by atoms with Crippen LogP contribution in [0.25, 0.3) is 22.8 Å². The van der Waals surface area contributed by atoms with Crippen LogP contribution in [0.1, 0.15) is 124 Å². The van der Waals surface area contributed by atoms with Crippen LogP contribution in [-0.2, 0) is 20.7 Å². The van der Waals surface area contributed by atoms with Crippen LogP contribution < -0.4 is 20.5 Å². The first kappa shape index (κ1) is 46.1. The number of aromatic amines is 2. The third-order valence-corrected chi connectivity index (χ3v) is 9.88. The molecule has 2 aromatic heterocycles. The Morgan fingerprint density at radius 2 is 1.42 bits per heavy atom. The highest BCUT2D eigenvalue weighted by atomic mass is 16.6. The molecule has 5 N–H and O–H groups in total. The van der Waals surface area contributed by atoms with Crippen molar-refractivity contribution in [3.8, 4) is 45.8 Å². The number of amides is 3. The monoisotopic (exact) mass is 787 g/mol. The number of carbonyl (C=O) groups is 3. The number of fused-ring (bicyclic) bond motifs is 2. The third-order valence-electron chi connectivity index (χ3n) is 9.88. The number of nitrogens with two attached hydrogens (primary N) is 1. The number of nitrogens with one attached hydrogen (secondary N) is 3. The second kappa shape index (κ2) is 23.7. The molecule has 0 bridgehead atoms. The highest BCUT2D eigenvalue weighted by Gasteiger charge is 2.32. The van der Waals surface area contributed by atoms with Gasteiger partial charge in [-0.05, 0) is 80.3 Å². The van der Waals surface area contributed by atoms with E-state index in [1.54, 1.807) is 0 Å². The number of unbranched alkanes of at least 4 members (excludes halogenated alkanes) is 1. The SMILES string of the molecule is CC.CC.CCC(C)CC(=O)NCCCCc1cnc(-c2ccc3c(c2)Oc2ccc(-c4ncc([C@@H]5CCCN5C(=O)CC(C)CC)[nH]4)cc2O3)[nH]1.COC(N)=O. The number of benzene rings is 2. The second-order valence-corrected chi connectivity index (χ2v) is 14.0. The molecule has 6 rings (SSSR count). The van der Waals surface area contributed by atoms with Crippen LogP contribution in [0.4, 0.5) is 4.79 Å². The number of rotatable bonds is 14. The van der Waals surface area contributed by atoms with Gasteiger partial charge < -0.3 is 40.1 Å². The molecular formula is C44H65N7O6. The van der Waals surface area contributed by atoms with E-state index >= 15 is 0 Å². The minimum Gasteiger partial charge on any atom is -0.453 e. The first-order valence-electron chi connectivity index (χ1n) is 20.7. The predicted octanol–water partition coefficient (Wildman–Crippen LogP) is 10.1. The summed E-state index contributed by atoms with van der Waals surface area (Å²) in [6.45, 7) is 18.0. The lowest BCUT2D eigenvalue weighted by Crippen LogP contribution is -2.31. The Kier molecular flexibility index (Phi) is 19.1. The smallest absolute Gasteiger partial charge is 0.404 e. The molecule has 2 unspecified atom stereocenters. The molecule has 13 heteroatoms. The summed E-state index contributed by atoms with van der Waals surface area (Å²) in [7, 11) is 1.22. The highest BCUT2D eigenvalue weighted by Crippen LogP contribution is 2.47. The van der Waals surface area contributed by atoms with E-state index < -0.39 is 6.09 Å². The van der Waals surface area contributed by atoms with Gasteiger partial charge in [-0.15, -0.1) is 0 Å². The first-order valence-corrected chi connectivity index (χ1v) is 20.7. The van der Waals surface area contributed by atoms with Gasteiger partial charge in [0.1, 0.15) is 11.6 Å².